The summed E-state index contributed by atoms with van der Waals surface area (Å²) in [6, 6.07) is 9.48. The average molecular weight is 435 g/mol. The number of carbonyl (C=O) groups excluding carboxylic acids is 1. The van der Waals surface area contributed by atoms with E-state index in [1.54, 1.807) is 24.3 Å². The summed E-state index contributed by atoms with van der Waals surface area (Å²) in [5, 5.41) is 8.22. The molecule has 0 unspecified atom stereocenters. The van der Waals surface area contributed by atoms with Gasteiger partial charge in [-0.05, 0) is 23.1 Å². The zero-order valence-electron chi connectivity index (χ0n) is 17.6. The third kappa shape index (κ3) is 3.95. The maximum Gasteiger partial charge on any atom is 0.255 e. The number of ether oxygens (including phenoxy) is 3. The number of sulfonamides is 1. The van der Waals surface area contributed by atoms with Crippen LogP contribution < -0.4 is 24.7 Å². The molecular formula is C21H26N2O6S. The molecule has 0 bridgehead atoms. The molecular weight excluding hydrogens is 408 g/mol. The summed E-state index contributed by atoms with van der Waals surface area (Å²) in [6.45, 7) is 4.09. The highest BCUT2D eigenvalue weighted by molar-refractivity contribution is 7.89. The van der Waals surface area contributed by atoms with Crippen molar-refractivity contribution in [3.05, 3.63) is 47.5 Å². The Morgan fingerprint density at radius 1 is 0.967 bits per heavy atom. The van der Waals surface area contributed by atoms with Crippen molar-refractivity contribution in [1.82, 2.24) is 5.32 Å². The van der Waals surface area contributed by atoms with Gasteiger partial charge < -0.3 is 19.5 Å². The third-order valence-electron chi connectivity index (χ3n) is 5.63. The molecule has 1 aliphatic rings. The number of nitrogens with one attached hydrogen (secondary N) is 1. The number of carbonyl (C=O) groups is 1. The van der Waals surface area contributed by atoms with Gasteiger partial charge in [0.1, 0.15) is 5.75 Å². The third-order valence-corrected chi connectivity index (χ3v) is 6.56. The molecule has 0 spiro atoms. The van der Waals surface area contributed by atoms with Crippen molar-refractivity contribution in [2.24, 2.45) is 10.6 Å². The smallest absolute Gasteiger partial charge is 0.255 e. The van der Waals surface area contributed by atoms with E-state index in [0.717, 1.165) is 5.56 Å². The zero-order chi connectivity index (χ0) is 22.3. The maximum absolute atomic E-state index is 13.0. The Bertz CT molecular complexity index is 1060. The van der Waals surface area contributed by atoms with Crippen LogP contribution >= 0.6 is 0 Å². The van der Waals surface area contributed by atoms with Gasteiger partial charge >= 0.3 is 0 Å². The highest BCUT2D eigenvalue weighted by Crippen LogP contribution is 2.58. The molecule has 8 nitrogen and oxygen atoms in total. The maximum atomic E-state index is 13.0. The fourth-order valence-corrected chi connectivity index (χ4v) is 4.34. The number of rotatable bonds is 7. The summed E-state index contributed by atoms with van der Waals surface area (Å²) in [5.74, 6) is 0.994. The van der Waals surface area contributed by atoms with E-state index in [1.807, 2.05) is 13.8 Å². The molecule has 3 rings (SSSR count). The second-order valence-electron chi connectivity index (χ2n) is 7.77. The fraction of sp³-hybridized carbons (Fsp3) is 0.381. The molecule has 0 aliphatic heterocycles. The van der Waals surface area contributed by atoms with Gasteiger partial charge in [-0.2, -0.15) is 0 Å². The van der Waals surface area contributed by atoms with Crippen LogP contribution in [-0.4, -0.2) is 41.7 Å². The summed E-state index contributed by atoms with van der Waals surface area (Å²) < 4.78 is 38.9. The van der Waals surface area contributed by atoms with Gasteiger partial charge in [-0.1, -0.05) is 26.0 Å². The highest BCUT2D eigenvalue weighted by Gasteiger charge is 2.59. The van der Waals surface area contributed by atoms with Gasteiger partial charge in [0.15, 0.2) is 11.5 Å². The highest BCUT2D eigenvalue weighted by atomic mass is 32.2. The van der Waals surface area contributed by atoms with E-state index in [0.29, 0.717) is 22.8 Å². The normalized spacial score (nSPS) is 19.7. The predicted molar refractivity (Wildman–Crippen MR) is 112 cm³/mol. The van der Waals surface area contributed by atoms with Crippen LogP contribution in [0.2, 0.25) is 0 Å². The van der Waals surface area contributed by atoms with Crippen molar-refractivity contribution < 1.29 is 27.4 Å². The summed E-state index contributed by atoms with van der Waals surface area (Å²) in [6.07, 6.45) is 0. The molecule has 0 radical (unpaired) electrons. The van der Waals surface area contributed by atoms with Crippen molar-refractivity contribution >= 4 is 15.9 Å². The topological polar surface area (TPSA) is 117 Å². The SMILES string of the molecule is COc1cc(OC)c(C(=O)N[C@@H]2[C@@H](c3ccc(S(N)(=O)=O)cc3)C2(C)C)cc1OC. The summed E-state index contributed by atoms with van der Waals surface area (Å²) in [7, 11) is 0.740. The van der Waals surface area contributed by atoms with E-state index >= 15 is 0 Å². The van der Waals surface area contributed by atoms with Crippen molar-refractivity contribution in [3.8, 4) is 17.2 Å². The predicted octanol–water partition coefficient (Wildman–Crippen LogP) is 2.28. The molecule has 0 aromatic heterocycles. The number of hydrogen-bond acceptors (Lipinski definition) is 6. The number of methoxy groups -OCH3 is 3. The summed E-state index contributed by atoms with van der Waals surface area (Å²) in [5.41, 5.74) is 1.06. The van der Waals surface area contributed by atoms with E-state index in [9.17, 15) is 13.2 Å². The van der Waals surface area contributed by atoms with Gasteiger partial charge in [0.05, 0.1) is 31.8 Å². The lowest BCUT2D eigenvalue weighted by atomic mass is 10.0. The molecule has 1 fully saturated rings. The first-order valence-corrected chi connectivity index (χ1v) is 10.8. The van der Waals surface area contributed by atoms with E-state index in [4.69, 9.17) is 19.3 Å². The van der Waals surface area contributed by atoms with Crippen molar-refractivity contribution in [2.75, 3.05) is 21.3 Å². The Morgan fingerprint density at radius 3 is 2.00 bits per heavy atom. The van der Waals surface area contributed by atoms with Gasteiger partial charge in [0.2, 0.25) is 10.0 Å². The van der Waals surface area contributed by atoms with Gasteiger partial charge in [-0.3, -0.25) is 4.79 Å². The molecule has 1 aliphatic carbocycles. The molecule has 2 aromatic rings. The number of amides is 1. The number of hydrogen-bond donors (Lipinski definition) is 2. The van der Waals surface area contributed by atoms with Gasteiger partial charge in [0.25, 0.3) is 5.91 Å². The minimum Gasteiger partial charge on any atom is -0.496 e. The molecule has 2 aromatic carbocycles. The molecule has 162 valence electrons. The molecule has 9 heteroatoms. The minimum absolute atomic E-state index is 0.0297. The van der Waals surface area contributed by atoms with Crippen LogP contribution in [0.5, 0.6) is 17.2 Å². The van der Waals surface area contributed by atoms with Gasteiger partial charge in [-0.15, -0.1) is 0 Å². The molecule has 0 heterocycles. The van der Waals surface area contributed by atoms with Crippen LogP contribution in [0.3, 0.4) is 0 Å². The lowest BCUT2D eigenvalue weighted by molar-refractivity contribution is 0.0942. The lowest BCUT2D eigenvalue weighted by Gasteiger charge is -2.14. The van der Waals surface area contributed by atoms with Crippen LogP contribution in [0.25, 0.3) is 0 Å². The van der Waals surface area contributed by atoms with Crippen molar-refractivity contribution in [2.45, 2.75) is 30.7 Å². The second-order valence-corrected chi connectivity index (χ2v) is 9.33. The first-order valence-electron chi connectivity index (χ1n) is 9.28. The van der Waals surface area contributed by atoms with Crippen LogP contribution in [0.1, 0.15) is 35.7 Å². The van der Waals surface area contributed by atoms with Crippen LogP contribution in [0.15, 0.2) is 41.3 Å². The van der Waals surface area contributed by atoms with E-state index in [1.165, 1.54) is 33.5 Å². The Hall–Kier alpha value is -2.78. The van der Waals surface area contributed by atoms with E-state index in [2.05, 4.69) is 5.32 Å². The molecule has 1 amide bonds. The van der Waals surface area contributed by atoms with Crippen LogP contribution in [-0.2, 0) is 10.0 Å². The number of primary sulfonamides is 1. The molecule has 0 saturated heterocycles. The largest absolute Gasteiger partial charge is 0.496 e. The number of benzene rings is 2. The summed E-state index contributed by atoms with van der Waals surface area (Å²) in [4.78, 5) is 13.1. The molecule has 2 atom stereocenters. The number of nitrogens with two attached hydrogens (primary N) is 1. The Balaban J connectivity index is 1.84. The first kappa shape index (κ1) is 21.9. The van der Waals surface area contributed by atoms with Crippen molar-refractivity contribution in [1.29, 1.82) is 0 Å². The Morgan fingerprint density at radius 2 is 1.50 bits per heavy atom. The standard InChI is InChI=1S/C21H26N2O6S/c1-21(2)18(12-6-8-13(9-7-12)30(22,25)26)19(21)23-20(24)14-10-16(28-4)17(29-5)11-15(14)27-3/h6-11,18-19H,1-5H3,(H,23,24)(H2,22,25,26)/t18-,19-/m1/s1. The summed E-state index contributed by atoms with van der Waals surface area (Å²) >= 11 is 0. The molecule has 30 heavy (non-hydrogen) atoms. The van der Waals surface area contributed by atoms with E-state index in [-0.39, 0.29) is 28.2 Å². The quantitative estimate of drug-likeness (QED) is 0.690. The van der Waals surface area contributed by atoms with E-state index < -0.39 is 10.0 Å². The average Bonchev–Trinajstić information content (AvgIpc) is 3.25. The van der Waals surface area contributed by atoms with Crippen LogP contribution in [0, 0.1) is 5.41 Å². The minimum atomic E-state index is -3.75. The van der Waals surface area contributed by atoms with Gasteiger partial charge in [-0.25, -0.2) is 13.6 Å². The monoisotopic (exact) mass is 434 g/mol. The molecule has 3 N–H and O–H groups in total. The van der Waals surface area contributed by atoms with Crippen molar-refractivity contribution in [3.63, 3.8) is 0 Å². The lowest BCUT2D eigenvalue weighted by Crippen LogP contribution is -2.29. The fourth-order valence-electron chi connectivity index (χ4n) is 3.82. The first-order chi connectivity index (χ1) is 14.0. The Labute approximate surface area is 176 Å². The Kier molecular flexibility index (Phi) is 5.70. The van der Waals surface area contributed by atoms with Crippen LogP contribution in [0.4, 0.5) is 0 Å². The molecule has 1 saturated carbocycles. The second kappa shape index (κ2) is 7.81. The zero-order valence-corrected chi connectivity index (χ0v) is 18.4. The van der Waals surface area contributed by atoms with Gasteiger partial charge in [0, 0.05) is 24.1 Å².